The van der Waals surface area contributed by atoms with Crippen LogP contribution in [0, 0.1) is 5.82 Å². The molecule has 15 heavy (non-hydrogen) atoms. The van der Waals surface area contributed by atoms with Crippen molar-refractivity contribution in [3.05, 3.63) is 35.6 Å². The molecule has 1 saturated heterocycles. The first-order chi connectivity index (χ1) is 6.86. The van der Waals surface area contributed by atoms with Crippen LogP contribution in [0.1, 0.15) is 24.8 Å². The van der Waals surface area contributed by atoms with E-state index in [1.807, 2.05) is 18.3 Å². The van der Waals surface area contributed by atoms with Gasteiger partial charge in [0.2, 0.25) is 0 Å². The number of hydrogen-bond donors (Lipinski definition) is 0. The number of piperidine rings is 1. The van der Waals surface area contributed by atoms with Gasteiger partial charge in [-0.15, -0.1) is 0 Å². The van der Waals surface area contributed by atoms with E-state index in [0.717, 1.165) is 13.1 Å². The normalized spacial score (nSPS) is 15.7. The molecule has 0 unspecified atom stereocenters. The van der Waals surface area contributed by atoms with Crippen LogP contribution in [0.5, 0.6) is 0 Å². The number of rotatable bonds is 1. The van der Waals surface area contributed by atoms with Crippen LogP contribution in [0.3, 0.4) is 0 Å². The summed E-state index contributed by atoms with van der Waals surface area (Å²) in [5, 5.41) is 0. The summed E-state index contributed by atoms with van der Waals surface area (Å²) < 4.78 is 15.5. The van der Waals surface area contributed by atoms with Gasteiger partial charge in [0.25, 0.3) is 0 Å². The standard InChI is InChI=1S/C12H15FN.ClH/c13-12-7-3-2-6-11(12)10-14-8-4-1-5-9-14;/h2-3,6-7,10H,1,4-5,8-9H2;1H/q+1;/p-1. The first kappa shape index (κ1) is 12.2. The van der Waals surface area contributed by atoms with E-state index >= 15 is 0 Å². The molecule has 0 radical (unpaired) electrons. The fourth-order valence-electron chi connectivity index (χ4n) is 1.82. The summed E-state index contributed by atoms with van der Waals surface area (Å²) in [4.78, 5) is 0. The monoisotopic (exact) mass is 227 g/mol. The maximum Gasteiger partial charge on any atom is 0.173 e. The molecule has 1 aromatic carbocycles. The van der Waals surface area contributed by atoms with Crippen LogP contribution in [0.25, 0.3) is 0 Å². The lowest BCUT2D eigenvalue weighted by atomic mass is 10.1. The first-order valence-corrected chi connectivity index (χ1v) is 5.20. The summed E-state index contributed by atoms with van der Waals surface area (Å²) in [7, 11) is 0. The summed E-state index contributed by atoms with van der Waals surface area (Å²) in [6, 6.07) is 6.93. The Bertz CT molecular complexity index is 341. The molecule has 0 saturated carbocycles. The third kappa shape index (κ3) is 3.31. The molecule has 1 nitrogen and oxygen atoms in total. The van der Waals surface area contributed by atoms with Crippen LogP contribution >= 0.6 is 0 Å². The van der Waals surface area contributed by atoms with Gasteiger partial charge >= 0.3 is 0 Å². The maximum absolute atomic E-state index is 13.3. The lowest BCUT2D eigenvalue weighted by molar-refractivity contribution is -0.532. The van der Waals surface area contributed by atoms with Gasteiger partial charge in [0.15, 0.2) is 6.21 Å². The van der Waals surface area contributed by atoms with E-state index in [0.29, 0.717) is 5.56 Å². The lowest BCUT2D eigenvalue weighted by Crippen LogP contribution is -3.00. The molecule has 0 N–H and O–H groups in total. The van der Waals surface area contributed by atoms with Crippen LogP contribution in [-0.4, -0.2) is 23.9 Å². The first-order valence-electron chi connectivity index (χ1n) is 5.20. The predicted molar refractivity (Wildman–Crippen MR) is 55.4 cm³/mol. The van der Waals surface area contributed by atoms with Crippen molar-refractivity contribution in [2.45, 2.75) is 19.3 Å². The smallest absolute Gasteiger partial charge is 0.173 e. The Kier molecular flexibility index (Phi) is 4.76. The topological polar surface area (TPSA) is 3.01 Å². The molecule has 0 aliphatic carbocycles. The fraction of sp³-hybridized carbons (Fsp3) is 0.417. The Morgan fingerprint density at radius 1 is 1.07 bits per heavy atom. The SMILES string of the molecule is Fc1ccccc1C=[N+]1CCCCC1.[Cl-]. The van der Waals surface area contributed by atoms with Gasteiger partial charge in [-0.2, -0.15) is 0 Å². The molecule has 82 valence electrons. The van der Waals surface area contributed by atoms with E-state index in [-0.39, 0.29) is 18.2 Å². The lowest BCUT2D eigenvalue weighted by Gasteiger charge is -2.09. The van der Waals surface area contributed by atoms with Gasteiger partial charge in [0.05, 0.1) is 5.56 Å². The van der Waals surface area contributed by atoms with Gasteiger partial charge in [-0.05, 0) is 18.6 Å². The Morgan fingerprint density at radius 2 is 1.73 bits per heavy atom. The van der Waals surface area contributed by atoms with Crippen LogP contribution in [-0.2, 0) is 0 Å². The zero-order chi connectivity index (χ0) is 9.80. The number of halogens is 2. The van der Waals surface area contributed by atoms with E-state index in [1.165, 1.54) is 25.3 Å². The van der Waals surface area contributed by atoms with E-state index in [2.05, 4.69) is 4.58 Å². The summed E-state index contributed by atoms with van der Waals surface area (Å²) in [5.41, 5.74) is 0.703. The van der Waals surface area contributed by atoms with Crippen molar-refractivity contribution in [3.63, 3.8) is 0 Å². The van der Waals surface area contributed by atoms with Crippen LogP contribution in [0.4, 0.5) is 4.39 Å². The van der Waals surface area contributed by atoms with Crippen LogP contribution in [0.2, 0.25) is 0 Å². The highest BCUT2D eigenvalue weighted by atomic mass is 35.5. The highest BCUT2D eigenvalue weighted by Crippen LogP contribution is 2.07. The molecule has 0 amide bonds. The Hall–Kier alpha value is -0.890. The fourth-order valence-corrected chi connectivity index (χ4v) is 1.82. The minimum Gasteiger partial charge on any atom is -1.00 e. The second-order valence-corrected chi connectivity index (χ2v) is 3.75. The van der Waals surface area contributed by atoms with Crippen molar-refractivity contribution in [2.75, 3.05) is 13.1 Å². The predicted octanol–water partition coefficient (Wildman–Crippen LogP) is -0.555. The zero-order valence-corrected chi connectivity index (χ0v) is 9.38. The molecule has 0 aromatic heterocycles. The molecule has 1 aliphatic heterocycles. The molecule has 0 spiro atoms. The molecule has 1 aromatic rings. The second-order valence-electron chi connectivity index (χ2n) is 3.75. The molecular formula is C12H15ClFN. The van der Waals surface area contributed by atoms with Crippen molar-refractivity contribution in [3.8, 4) is 0 Å². The summed E-state index contributed by atoms with van der Waals surface area (Å²) >= 11 is 0. The van der Waals surface area contributed by atoms with Crippen molar-refractivity contribution >= 4 is 6.21 Å². The van der Waals surface area contributed by atoms with Crippen molar-refractivity contribution in [2.24, 2.45) is 0 Å². The third-order valence-electron chi connectivity index (χ3n) is 2.62. The van der Waals surface area contributed by atoms with Crippen LogP contribution < -0.4 is 12.4 Å². The molecule has 3 heteroatoms. The van der Waals surface area contributed by atoms with Crippen molar-refractivity contribution < 1.29 is 21.4 Å². The van der Waals surface area contributed by atoms with E-state index < -0.39 is 0 Å². The van der Waals surface area contributed by atoms with Gasteiger partial charge in [-0.3, -0.25) is 0 Å². The Labute approximate surface area is 96.0 Å². The molecule has 1 fully saturated rings. The highest BCUT2D eigenvalue weighted by Gasteiger charge is 2.11. The number of benzene rings is 1. The Morgan fingerprint density at radius 3 is 2.40 bits per heavy atom. The van der Waals surface area contributed by atoms with Gasteiger partial charge in [0, 0.05) is 12.8 Å². The Balaban J connectivity index is 0.00000112. The summed E-state index contributed by atoms with van der Waals surface area (Å²) in [5.74, 6) is -0.127. The van der Waals surface area contributed by atoms with Crippen LogP contribution in [0.15, 0.2) is 24.3 Å². The van der Waals surface area contributed by atoms with Gasteiger partial charge in [-0.1, -0.05) is 12.1 Å². The minimum atomic E-state index is -0.127. The molecule has 1 aliphatic rings. The molecule has 0 bridgehead atoms. The largest absolute Gasteiger partial charge is 1.00 e. The van der Waals surface area contributed by atoms with E-state index in [4.69, 9.17) is 0 Å². The van der Waals surface area contributed by atoms with Gasteiger partial charge in [-0.25, -0.2) is 8.97 Å². The van der Waals surface area contributed by atoms with E-state index in [1.54, 1.807) is 6.07 Å². The number of nitrogens with zero attached hydrogens (tertiary/aromatic N) is 1. The number of hydrogen-bond acceptors (Lipinski definition) is 0. The molecule has 1 heterocycles. The average molecular weight is 228 g/mol. The highest BCUT2D eigenvalue weighted by molar-refractivity contribution is 5.75. The molecular weight excluding hydrogens is 213 g/mol. The average Bonchev–Trinajstić information content (AvgIpc) is 2.23. The second kappa shape index (κ2) is 5.86. The maximum atomic E-state index is 13.3. The van der Waals surface area contributed by atoms with Gasteiger partial charge < -0.3 is 12.4 Å². The summed E-state index contributed by atoms with van der Waals surface area (Å²) in [6.07, 6.45) is 5.70. The quantitative estimate of drug-likeness (QED) is 0.567. The zero-order valence-electron chi connectivity index (χ0n) is 8.63. The molecule has 2 rings (SSSR count). The molecule has 0 atom stereocenters. The minimum absolute atomic E-state index is 0. The summed E-state index contributed by atoms with van der Waals surface area (Å²) in [6.45, 7) is 2.13. The van der Waals surface area contributed by atoms with Crippen molar-refractivity contribution in [1.29, 1.82) is 0 Å². The van der Waals surface area contributed by atoms with Crippen molar-refractivity contribution in [1.82, 2.24) is 0 Å². The van der Waals surface area contributed by atoms with E-state index in [9.17, 15) is 4.39 Å². The third-order valence-corrected chi connectivity index (χ3v) is 2.62. The van der Waals surface area contributed by atoms with Gasteiger partial charge in [0.1, 0.15) is 18.9 Å².